The van der Waals surface area contributed by atoms with Crippen LogP contribution in [-0.4, -0.2) is 0 Å². The molecule has 22 heavy (non-hydrogen) atoms. The highest BCUT2D eigenvalue weighted by atomic mass is 19.4. The number of hydrogen-bond acceptors (Lipinski definition) is 1. The highest BCUT2D eigenvalue weighted by Crippen LogP contribution is 2.43. The molecule has 0 heterocycles. The van der Waals surface area contributed by atoms with E-state index in [1.165, 1.54) is 13.0 Å². The molecule has 2 aromatic carbocycles. The molecule has 0 saturated carbocycles. The molecule has 0 aliphatic heterocycles. The second-order valence-electron chi connectivity index (χ2n) is 4.85. The van der Waals surface area contributed by atoms with Crippen LogP contribution in [0, 0.1) is 6.92 Å². The number of aryl methyl sites for hydroxylation is 1. The van der Waals surface area contributed by atoms with Gasteiger partial charge in [0.15, 0.2) is 0 Å². The van der Waals surface area contributed by atoms with Gasteiger partial charge in [0.25, 0.3) is 0 Å². The third-order valence-electron chi connectivity index (χ3n) is 3.12. The molecular formula is C15H11F6N. The normalized spacial score (nSPS) is 12.5. The van der Waals surface area contributed by atoms with Crippen LogP contribution in [-0.2, 0) is 12.4 Å². The van der Waals surface area contributed by atoms with Crippen molar-refractivity contribution in [2.75, 3.05) is 5.73 Å². The lowest BCUT2D eigenvalue weighted by Crippen LogP contribution is -2.12. The molecule has 0 aliphatic carbocycles. The smallest absolute Gasteiger partial charge is 0.399 e. The van der Waals surface area contributed by atoms with Crippen LogP contribution < -0.4 is 5.73 Å². The Labute approximate surface area is 122 Å². The first-order valence-corrected chi connectivity index (χ1v) is 6.15. The monoisotopic (exact) mass is 319 g/mol. The fraction of sp³-hybridized carbons (Fsp3) is 0.200. The average Bonchev–Trinajstić information content (AvgIpc) is 2.37. The Morgan fingerprint density at radius 1 is 0.727 bits per heavy atom. The number of nitrogen functional groups attached to an aromatic ring is 1. The first kappa shape index (κ1) is 16.2. The molecule has 0 fully saturated rings. The van der Waals surface area contributed by atoms with Crippen LogP contribution in [0.3, 0.4) is 0 Å². The van der Waals surface area contributed by atoms with Gasteiger partial charge < -0.3 is 5.73 Å². The quantitative estimate of drug-likeness (QED) is 0.561. The maximum atomic E-state index is 13.1. The molecule has 0 bridgehead atoms. The maximum Gasteiger partial charge on any atom is 0.417 e. The second kappa shape index (κ2) is 5.23. The summed E-state index contributed by atoms with van der Waals surface area (Å²) in [7, 11) is 0. The van der Waals surface area contributed by atoms with E-state index in [2.05, 4.69) is 0 Å². The highest BCUT2D eigenvalue weighted by molar-refractivity contribution is 5.74. The van der Waals surface area contributed by atoms with Crippen molar-refractivity contribution in [3.63, 3.8) is 0 Å². The number of halogens is 6. The Morgan fingerprint density at radius 3 is 1.68 bits per heavy atom. The fourth-order valence-corrected chi connectivity index (χ4v) is 2.16. The van der Waals surface area contributed by atoms with E-state index in [1.54, 1.807) is 0 Å². The minimum Gasteiger partial charge on any atom is -0.399 e. The molecule has 118 valence electrons. The van der Waals surface area contributed by atoms with Gasteiger partial charge in [0.05, 0.1) is 11.1 Å². The predicted octanol–water partition coefficient (Wildman–Crippen LogP) is 5.28. The Balaban J connectivity index is 2.78. The fourth-order valence-electron chi connectivity index (χ4n) is 2.16. The first-order valence-electron chi connectivity index (χ1n) is 6.15. The summed E-state index contributed by atoms with van der Waals surface area (Å²) in [6.07, 6.45) is -9.57. The Morgan fingerprint density at radius 2 is 1.18 bits per heavy atom. The minimum atomic E-state index is -4.81. The molecule has 0 atom stereocenters. The molecule has 2 aromatic rings. The van der Waals surface area contributed by atoms with Gasteiger partial charge in [-0.1, -0.05) is 23.8 Å². The summed E-state index contributed by atoms with van der Waals surface area (Å²) in [5.41, 5.74) is 2.09. The van der Waals surface area contributed by atoms with Crippen LogP contribution in [0.4, 0.5) is 32.0 Å². The van der Waals surface area contributed by atoms with E-state index >= 15 is 0 Å². The van der Waals surface area contributed by atoms with Crippen LogP contribution in [0.25, 0.3) is 11.1 Å². The molecule has 0 aliphatic rings. The molecule has 0 unspecified atom stereocenters. The van der Waals surface area contributed by atoms with Gasteiger partial charge in [-0.25, -0.2) is 0 Å². The van der Waals surface area contributed by atoms with Crippen molar-refractivity contribution in [1.82, 2.24) is 0 Å². The summed E-state index contributed by atoms with van der Waals surface area (Å²) in [6.45, 7) is 1.44. The Kier molecular flexibility index (Phi) is 3.85. The zero-order chi connectivity index (χ0) is 16.7. The average molecular weight is 319 g/mol. The molecule has 2 rings (SSSR count). The van der Waals surface area contributed by atoms with Gasteiger partial charge >= 0.3 is 12.4 Å². The largest absolute Gasteiger partial charge is 0.417 e. The lowest BCUT2D eigenvalue weighted by molar-refractivity contribution is -0.139. The first-order chi connectivity index (χ1) is 10.00. The third kappa shape index (κ3) is 3.18. The van der Waals surface area contributed by atoms with E-state index in [0.717, 1.165) is 24.3 Å². The van der Waals surface area contributed by atoms with E-state index in [4.69, 9.17) is 5.73 Å². The summed E-state index contributed by atoms with van der Waals surface area (Å²) in [5, 5.41) is 0. The van der Waals surface area contributed by atoms with Crippen molar-refractivity contribution in [2.24, 2.45) is 0 Å². The van der Waals surface area contributed by atoms with Crippen molar-refractivity contribution in [3.8, 4) is 11.1 Å². The third-order valence-corrected chi connectivity index (χ3v) is 3.12. The topological polar surface area (TPSA) is 26.0 Å². The van der Waals surface area contributed by atoms with Crippen LogP contribution >= 0.6 is 0 Å². The zero-order valence-electron chi connectivity index (χ0n) is 11.3. The van der Waals surface area contributed by atoms with Crippen molar-refractivity contribution in [2.45, 2.75) is 19.3 Å². The van der Waals surface area contributed by atoms with E-state index in [0.29, 0.717) is 11.6 Å². The molecular weight excluding hydrogens is 308 g/mol. The minimum absolute atomic E-state index is 0.170. The Hall–Kier alpha value is -2.18. The zero-order valence-corrected chi connectivity index (χ0v) is 11.3. The molecule has 0 radical (unpaired) electrons. The van der Waals surface area contributed by atoms with Crippen LogP contribution in [0.15, 0.2) is 36.4 Å². The summed E-state index contributed by atoms with van der Waals surface area (Å²) in [5.74, 6) is 0. The molecule has 0 aromatic heterocycles. The van der Waals surface area contributed by atoms with Gasteiger partial charge in [0.2, 0.25) is 0 Å². The lowest BCUT2D eigenvalue weighted by Gasteiger charge is -2.18. The SMILES string of the molecule is Cc1ccc(-c2ccc(N)cc2C(F)(F)F)c(C(F)(F)F)c1. The van der Waals surface area contributed by atoms with E-state index in [-0.39, 0.29) is 5.69 Å². The molecule has 0 saturated heterocycles. The number of nitrogens with two attached hydrogens (primary N) is 1. The van der Waals surface area contributed by atoms with Gasteiger partial charge in [-0.2, -0.15) is 26.3 Å². The van der Waals surface area contributed by atoms with Crippen molar-refractivity contribution in [1.29, 1.82) is 0 Å². The Bertz CT molecular complexity index is 639. The van der Waals surface area contributed by atoms with Gasteiger partial charge in [0.1, 0.15) is 0 Å². The van der Waals surface area contributed by atoms with Gasteiger partial charge in [-0.3, -0.25) is 0 Å². The van der Waals surface area contributed by atoms with Crippen LogP contribution in [0.2, 0.25) is 0 Å². The maximum absolute atomic E-state index is 13.1. The second-order valence-corrected chi connectivity index (χ2v) is 4.85. The summed E-state index contributed by atoms with van der Waals surface area (Å²) < 4.78 is 78.6. The van der Waals surface area contributed by atoms with E-state index in [9.17, 15) is 26.3 Å². The molecule has 2 N–H and O–H groups in total. The molecule has 0 spiro atoms. The van der Waals surface area contributed by atoms with Crippen molar-refractivity contribution < 1.29 is 26.3 Å². The van der Waals surface area contributed by atoms with Crippen molar-refractivity contribution in [3.05, 3.63) is 53.1 Å². The number of rotatable bonds is 1. The number of anilines is 1. The standard InChI is InChI=1S/C15H11F6N/c1-8-2-4-10(12(6-8)14(16,17)18)11-5-3-9(22)7-13(11)15(19,20)21/h2-7H,22H2,1H3. The summed E-state index contributed by atoms with van der Waals surface area (Å²) >= 11 is 0. The van der Waals surface area contributed by atoms with Gasteiger partial charge in [-0.15, -0.1) is 0 Å². The number of hydrogen-bond donors (Lipinski definition) is 1. The summed E-state index contributed by atoms with van der Waals surface area (Å²) in [6, 6.07) is 5.93. The molecule has 0 amide bonds. The van der Waals surface area contributed by atoms with Gasteiger partial charge in [0, 0.05) is 5.69 Å². The summed E-state index contributed by atoms with van der Waals surface area (Å²) in [4.78, 5) is 0. The predicted molar refractivity (Wildman–Crippen MR) is 71.0 cm³/mol. The number of benzene rings is 2. The van der Waals surface area contributed by atoms with Crippen molar-refractivity contribution >= 4 is 5.69 Å². The van der Waals surface area contributed by atoms with E-state index < -0.39 is 34.6 Å². The van der Waals surface area contributed by atoms with E-state index in [1.807, 2.05) is 0 Å². The lowest BCUT2D eigenvalue weighted by atomic mass is 9.93. The number of alkyl halides is 6. The molecule has 1 nitrogen and oxygen atoms in total. The highest BCUT2D eigenvalue weighted by Gasteiger charge is 2.38. The molecule has 7 heteroatoms. The van der Waals surface area contributed by atoms with Crippen LogP contribution in [0.1, 0.15) is 16.7 Å². The van der Waals surface area contributed by atoms with Gasteiger partial charge in [-0.05, 0) is 36.2 Å². The van der Waals surface area contributed by atoms with Crippen LogP contribution in [0.5, 0.6) is 0 Å².